The molecule has 0 atom stereocenters. The molecular formula is C16H24N6. The number of imidazole rings is 1. The van der Waals surface area contributed by atoms with E-state index in [-0.39, 0.29) is 0 Å². The number of anilines is 2. The van der Waals surface area contributed by atoms with E-state index in [1.54, 1.807) is 0 Å². The average molecular weight is 300 g/mol. The number of nitrogens with one attached hydrogen (secondary N) is 1. The molecule has 0 unspecified atom stereocenters. The van der Waals surface area contributed by atoms with E-state index in [2.05, 4.69) is 38.0 Å². The van der Waals surface area contributed by atoms with E-state index in [0.717, 1.165) is 42.4 Å². The van der Waals surface area contributed by atoms with Gasteiger partial charge in [-0.25, -0.2) is 9.97 Å². The summed E-state index contributed by atoms with van der Waals surface area (Å²) >= 11 is 0. The SMILES string of the molecule is CCc1c(C)nc(N)nc1NCC1(Cn2ccnc2C)CC1. The van der Waals surface area contributed by atoms with E-state index in [4.69, 9.17) is 5.73 Å². The van der Waals surface area contributed by atoms with Crippen LogP contribution in [-0.2, 0) is 13.0 Å². The Balaban J connectivity index is 1.71. The molecule has 2 aromatic heterocycles. The molecule has 0 aliphatic heterocycles. The van der Waals surface area contributed by atoms with Gasteiger partial charge < -0.3 is 15.6 Å². The Bertz CT molecular complexity index is 671. The summed E-state index contributed by atoms with van der Waals surface area (Å²) in [6.45, 7) is 8.08. The number of rotatable bonds is 6. The smallest absolute Gasteiger partial charge is 0.222 e. The lowest BCUT2D eigenvalue weighted by molar-refractivity contribution is 0.438. The van der Waals surface area contributed by atoms with Crippen molar-refractivity contribution in [2.75, 3.05) is 17.6 Å². The highest BCUT2D eigenvalue weighted by atomic mass is 15.1. The van der Waals surface area contributed by atoms with Crippen molar-refractivity contribution in [3.05, 3.63) is 29.5 Å². The first kappa shape index (κ1) is 14.8. The Morgan fingerprint density at radius 2 is 2.09 bits per heavy atom. The summed E-state index contributed by atoms with van der Waals surface area (Å²) in [6, 6.07) is 0. The first-order chi connectivity index (χ1) is 10.5. The topological polar surface area (TPSA) is 81.6 Å². The number of nitrogens with zero attached hydrogens (tertiary/aromatic N) is 4. The van der Waals surface area contributed by atoms with Gasteiger partial charge in [-0.2, -0.15) is 4.98 Å². The molecule has 2 heterocycles. The maximum atomic E-state index is 5.79. The van der Waals surface area contributed by atoms with E-state index >= 15 is 0 Å². The molecule has 0 aromatic carbocycles. The zero-order valence-corrected chi connectivity index (χ0v) is 13.6. The molecule has 1 saturated carbocycles. The van der Waals surface area contributed by atoms with Crippen LogP contribution in [0, 0.1) is 19.3 Å². The molecule has 0 bridgehead atoms. The third kappa shape index (κ3) is 2.91. The lowest BCUT2D eigenvalue weighted by Gasteiger charge is -2.19. The molecule has 1 aliphatic rings. The van der Waals surface area contributed by atoms with Crippen molar-refractivity contribution in [3.8, 4) is 0 Å². The summed E-state index contributed by atoms with van der Waals surface area (Å²) < 4.78 is 2.23. The van der Waals surface area contributed by atoms with Crippen LogP contribution >= 0.6 is 0 Å². The van der Waals surface area contributed by atoms with E-state index in [1.165, 1.54) is 12.8 Å². The molecule has 1 fully saturated rings. The van der Waals surface area contributed by atoms with Crippen molar-refractivity contribution in [1.82, 2.24) is 19.5 Å². The molecule has 3 N–H and O–H groups in total. The first-order valence-electron chi connectivity index (χ1n) is 7.87. The Labute approximate surface area is 131 Å². The zero-order chi connectivity index (χ0) is 15.7. The minimum absolute atomic E-state index is 0.310. The average Bonchev–Trinajstić information content (AvgIpc) is 3.12. The van der Waals surface area contributed by atoms with Gasteiger partial charge in [0.05, 0.1) is 0 Å². The minimum Gasteiger partial charge on any atom is -0.369 e. The molecule has 0 spiro atoms. The van der Waals surface area contributed by atoms with Crippen LogP contribution in [0.5, 0.6) is 0 Å². The number of aryl methyl sites for hydroxylation is 2. The van der Waals surface area contributed by atoms with Crippen LogP contribution in [0.3, 0.4) is 0 Å². The van der Waals surface area contributed by atoms with Crippen LogP contribution in [0.4, 0.5) is 11.8 Å². The fourth-order valence-electron chi connectivity index (χ4n) is 2.96. The Hall–Kier alpha value is -2.11. The van der Waals surface area contributed by atoms with Crippen LogP contribution in [0.25, 0.3) is 0 Å². The van der Waals surface area contributed by atoms with Gasteiger partial charge >= 0.3 is 0 Å². The number of hydrogen-bond donors (Lipinski definition) is 2. The second-order valence-electron chi connectivity index (χ2n) is 6.30. The van der Waals surface area contributed by atoms with Crippen molar-refractivity contribution < 1.29 is 0 Å². The summed E-state index contributed by atoms with van der Waals surface area (Å²) in [5.41, 5.74) is 8.22. The molecular weight excluding hydrogens is 276 g/mol. The Morgan fingerprint density at radius 3 is 2.68 bits per heavy atom. The summed E-state index contributed by atoms with van der Waals surface area (Å²) in [5, 5.41) is 3.52. The molecule has 3 rings (SSSR count). The summed E-state index contributed by atoms with van der Waals surface area (Å²) in [7, 11) is 0. The van der Waals surface area contributed by atoms with Gasteiger partial charge in [-0.05, 0) is 33.1 Å². The number of nitrogen functional groups attached to an aromatic ring is 1. The van der Waals surface area contributed by atoms with E-state index in [1.807, 2.05) is 20.0 Å². The van der Waals surface area contributed by atoms with Crippen LogP contribution in [0.15, 0.2) is 12.4 Å². The van der Waals surface area contributed by atoms with Gasteiger partial charge in [0.1, 0.15) is 11.6 Å². The normalized spacial score (nSPS) is 15.8. The predicted octanol–water partition coefficient (Wildman–Crippen LogP) is 2.33. The molecule has 22 heavy (non-hydrogen) atoms. The highest BCUT2D eigenvalue weighted by Crippen LogP contribution is 2.47. The third-order valence-electron chi connectivity index (χ3n) is 4.60. The fourth-order valence-corrected chi connectivity index (χ4v) is 2.96. The van der Waals surface area contributed by atoms with Crippen molar-refractivity contribution >= 4 is 11.8 Å². The fraction of sp³-hybridized carbons (Fsp3) is 0.562. The van der Waals surface area contributed by atoms with E-state index < -0.39 is 0 Å². The first-order valence-corrected chi connectivity index (χ1v) is 7.87. The Morgan fingerprint density at radius 1 is 1.32 bits per heavy atom. The van der Waals surface area contributed by atoms with Crippen molar-refractivity contribution in [1.29, 1.82) is 0 Å². The minimum atomic E-state index is 0.310. The largest absolute Gasteiger partial charge is 0.369 e. The van der Waals surface area contributed by atoms with Gasteiger partial charge in [-0.1, -0.05) is 6.92 Å². The molecule has 0 amide bonds. The third-order valence-corrected chi connectivity index (χ3v) is 4.60. The number of hydrogen-bond acceptors (Lipinski definition) is 5. The number of nitrogens with two attached hydrogens (primary N) is 1. The van der Waals surface area contributed by atoms with Crippen LogP contribution in [0.1, 0.15) is 36.8 Å². The van der Waals surface area contributed by atoms with Gasteiger partial charge in [-0.3, -0.25) is 0 Å². The highest BCUT2D eigenvalue weighted by molar-refractivity contribution is 5.49. The standard InChI is InChI=1S/C16H24N6/c1-4-13-11(2)20-15(17)21-14(13)19-9-16(5-6-16)10-22-8-7-18-12(22)3/h7-8H,4-6,9-10H2,1-3H3,(H3,17,19,20,21). The monoisotopic (exact) mass is 300 g/mol. The van der Waals surface area contributed by atoms with Gasteiger partial charge in [-0.15, -0.1) is 0 Å². The molecule has 1 aliphatic carbocycles. The van der Waals surface area contributed by atoms with Gasteiger partial charge in [0.15, 0.2) is 0 Å². The van der Waals surface area contributed by atoms with Crippen molar-refractivity contribution in [2.45, 2.75) is 46.6 Å². The zero-order valence-electron chi connectivity index (χ0n) is 13.6. The lowest BCUT2D eigenvalue weighted by atomic mass is 10.1. The lowest BCUT2D eigenvalue weighted by Crippen LogP contribution is -2.23. The van der Waals surface area contributed by atoms with Gasteiger partial charge in [0.2, 0.25) is 5.95 Å². The molecule has 118 valence electrons. The van der Waals surface area contributed by atoms with Crippen LogP contribution < -0.4 is 11.1 Å². The highest BCUT2D eigenvalue weighted by Gasteiger charge is 2.43. The number of aromatic nitrogens is 4. The predicted molar refractivity (Wildman–Crippen MR) is 87.7 cm³/mol. The molecule has 2 aromatic rings. The van der Waals surface area contributed by atoms with Gasteiger partial charge in [0, 0.05) is 42.2 Å². The Kier molecular flexibility index (Phi) is 3.76. The van der Waals surface area contributed by atoms with Crippen LogP contribution in [-0.4, -0.2) is 26.1 Å². The molecule has 0 saturated heterocycles. The van der Waals surface area contributed by atoms with Gasteiger partial charge in [0.25, 0.3) is 0 Å². The molecule has 0 radical (unpaired) electrons. The molecule has 6 heteroatoms. The maximum Gasteiger partial charge on any atom is 0.222 e. The van der Waals surface area contributed by atoms with E-state index in [0.29, 0.717) is 11.4 Å². The van der Waals surface area contributed by atoms with Crippen molar-refractivity contribution in [2.24, 2.45) is 5.41 Å². The second kappa shape index (κ2) is 5.59. The van der Waals surface area contributed by atoms with Crippen molar-refractivity contribution in [3.63, 3.8) is 0 Å². The molecule has 6 nitrogen and oxygen atoms in total. The second-order valence-corrected chi connectivity index (χ2v) is 6.30. The van der Waals surface area contributed by atoms with E-state index in [9.17, 15) is 0 Å². The summed E-state index contributed by atoms with van der Waals surface area (Å²) in [5.74, 6) is 2.30. The summed E-state index contributed by atoms with van der Waals surface area (Å²) in [6.07, 6.45) is 7.29. The van der Waals surface area contributed by atoms with Crippen LogP contribution in [0.2, 0.25) is 0 Å². The summed E-state index contributed by atoms with van der Waals surface area (Å²) in [4.78, 5) is 12.9. The quantitative estimate of drug-likeness (QED) is 0.855. The maximum absolute atomic E-state index is 5.79.